The van der Waals surface area contributed by atoms with E-state index in [2.05, 4.69) is 10.1 Å². The molecule has 23 heavy (non-hydrogen) atoms. The number of quaternary nitrogens is 1. The first-order chi connectivity index (χ1) is 11.1. The van der Waals surface area contributed by atoms with Crippen molar-refractivity contribution in [3.05, 3.63) is 71.6 Å². The van der Waals surface area contributed by atoms with Crippen molar-refractivity contribution in [2.24, 2.45) is 0 Å². The van der Waals surface area contributed by atoms with Crippen LogP contribution in [0.25, 0.3) is 11.4 Å². The molecule has 0 radical (unpaired) electrons. The van der Waals surface area contributed by atoms with Crippen molar-refractivity contribution in [2.75, 3.05) is 0 Å². The summed E-state index contributed by atoms with van der Waals surface area (Å²) in [6.07, 6.45) is 0. The van der Waals surface area contributed by atoms with Crippen molar-refractivity contribution in [1.29, 1.82) is 0 Å². The third kappa shape index (κ3) is 3.60. The van der Waals surface area contributed by atoms with Crippen LogP contribution in [-0.2, 0) is 6.54 Å². The summed E-state index contributed by atoms with van der Waals surface area (Å²) in [6.45, 7) is 2.36. The average Bonchev–Trinajstić information content (AvgIpc) is 3.05. The van der Waals surface area contributed by atoms with E-state index in [-0.39, 0.29) is 6.04 Å². The van der Waals surface area contributed by atoms with E-state index in [0.717, 1.165) is 11.6 Å². The quantitative estimate of drug-likeness (QED) is 0.787. The molecule has 0 aliphatic carbocycles. The summed E-state index contributed by atoms with van der Waals surface area (Å²) in [7, 11) is 0. The van der Waals surface area contributed by atoms with E-state index in [1.165, 1.54) is 6.07 Å². The molecule has 0 fully saturated rings. The number of hydrogen-bond donors (Lipinski definition) is 1. The van der Waals surface area contributed by atoms with Gasteiger partial charge in [0.05, 0.1) is 0 Å². The third-order valence-electron chi connectivity index (χ3n) is 3.62. The Morgan fingerprint density at radius 2 is 1.87 bits per heavy atom. The van der Waals surface area contributed by atoms with Crippen LogP contribution >= 0.6 is 0 Å². The van der Waals surface area contributed by atoms with Crippen LogP contribution in [0.4, 0.5) is 8.78 Å². The normalized spacial score (nSPS) is 12.3. The number of halogens is 2. The number of hydrogen-bond acceptors (Lipinski definition) is 3. The molecule has 118 valence electrons. The molecule has 3 rings (SSSR count). The molecule has 0 saturated heterocycles. The Kier molecular flexibility index (Phi) is 4.43. The molecule has 1 heterocycles. The highest BCUT2D eigenvalue weighted by Crippen LogP contribution is 2.15. The second-order valence-corrected chi connectivity index (χ2v) is 5.28. The Morgan fingerprint density at radius 1 is 1.09 bits per heavy atom. The van der Waals surface area contributed by atoms with Gasteiger partial charge in [0.2, 0.25) is 5.82 Å². The van der Waals surface area contributed by atoms with Gasteiger partial charge >= 0.3 is 0 Å². The van der Waals surface area contributed by atoms with Crippen LogP contribution in [0.1, 0.15) is 24.4 Å². The monoisotopic (exact) mass is 316 g/mol. The summed E-state index contributed by atoms with van der Waals surface area (Å²) in [5, 5.41) is 5.87. The summed E-state index contributed by atoms with van der Waals surface area (Å²) in [5.41, 5.74) is 1.59. The summed E-state index contributed by atoms with van der Waals surface area (Å²) in [4.78, 5) is 4.33. The highest BCUT2D eigenvalue weighted by Gasteiger charge is 2.15. The first-order valence-electron chi connectivity index (χ1n) is 7.30. The summed E-state index contributed by atoms with van der Waals surface area (Å²) in [6, 6.07) is 13.4. The minimum atomic E-state index is -0.842. The Hall–Kier alpha value is -2.60. The molecule has 2 N–H and O–H groups in total. The van der Waals surface area contributed by atoms with E-state index in [1.54, 1.807) is 6.07 Å². The first-order valence-corrected chi connectivity index (χ1v) is 7.30. The fraction of sp³-hybridized carbons (Fsp3) is 0.176. The zero-order valence-corrected chi connectivity index (χ0v) is 12.5. The van der Waals surface area contributed by atoms with E-state index in [4.69, 9.17) is 4.52 Å². The van der Waals surface area contributed by atoms with Gasteiger partial charge in [-0.05, 0) is 25.1 Å². The second-order valence-electron chi connectivity index (χ2n) is 5.28. The molecule has 0 aliphatic rings. The lowest BCUT2D eigenvalue weighted by Gasteiger charge is -2.09. The van der Waals surface area contributed by atoms with Crippen molar-refractivity contribution in [3.63, 3.8) is 0 Å². The molecule has 0 aliphatic heterocycles. The topological polar surface area (TPSA) is 55.5 Å². The lowest BCUT2D eigenvalue weighted by atomic mass is 10.1. The number of aromatic nitrogens is 2. The van der Waals surface area contributed by atoms with Crippen molar-refractivity contribution in [2.45, 2.75) is 19.5 Å². The van der Waals surface area contributed by atoms with Gasteiger partial charge in [-0.1, -0.05) is 35.5 Å². The Labute approximate surface area is 132 Å². The summed E-state index contributed by atoms with van der Waals surface area (Å²) < 4.78 is 31.4. The van der Waals surface area contributed by atoms with Crippen LogP contribution in [0.15, 0.2) is 53.1 Å². The zero-order chi connectivity index (χ0) is 16.2. The van der Waals surface area contributed by atoms with E-state index in [9.17, 15) is 8.78 Å². The molecule has 0 amide bonds. The van der Waals surface area contributed by atoms with E-state index in [0.29, 0.717) is 23.8 Å². The van der Waals surface area contributed by atoms with Gasteiger partial charge in [0.1, 0.15) is 6.04 Å². The van der Waals surface area contributed by atoms with E-state index in [1.807, 2.05) is 42.6 Å². The molecule has 3 aromatic rings. The lowest BCUT2D eigenvalue weighted by molar-refractivity contribution is -0.710. The smallest absolute Gasteiger partial charge is 0.282 e. The highest BCUT2D eigenvalue weighted by atomic mass is 19.2. The fourth-order valence-electron chi connectivity index (χ4n) is 2.25. The third-order valence-corrected chi connectivity index (χ3v) is 3.62. The maximum absolute atomic E-state index is 13.3. The Morgan fingerprint density at radius 3 is 2.61 bits per heavy atom. The Balaban J connectivity index is 1.64. The molecule has 2 aromatic carbocycles. The van der Waals surface area contributed by atoms with E-state index >= 15 is 0 Å². The van der Waals surface area contributed by atoms with Gasteiger partial charge in [-0.2, -0.15) is 4.98 Å². The minimum absolute atomic E-state index is 0.0582. The maximum atomic E-state index is 13.3. The van der Waals surface area contributed by atoms with Gasteiger partial charge in [0, 0.05) is 11.1 Å². The maximum Gasteiger partial charge on any atom is 0.282 e. The lowest BCUT2D eigenvalue weighted by Crippen LogP contribution is -2.83. The summed E-state index contributed by atoms with van der Waals surface area (Å²) >= 11 is 0. The number of nitrogens with zero attached hydrogens (tertiary/aromatic N) is 2. The summed E-state index contributed by atoms with van der Waals surface area (Å²) in [5.74, 6) is -0.662. The predicted octanol–water partition coefficient (Wildman–Crippen LogP) is 2.84. The molecule has 0 unspecified atom stereocenters. The molecule has 1 atom stereocenters. The molecule has 6 heteroatoms. The second kappa shape index (κ2) is 6.66. The van der Waals surface area contributed by atoms with Crippen LogP contribution in [-0.4, -0.2) is 10.1 Å². The predicted molar refractivity (Wildman–Crippen MR) is 80.1 cm³/mol. The Bertz CT molecular complexity index is 790. The van der Waals surface area contributed by atoms with Crippen molar-refractivity contribution >= 4 is 0 Å². The van der Waals surface area contributed by atoms with Gasteiger partial charge in [-0.15, -0.1) is 0 Å². The number of benzene rings is 2. The number of nitrogens with two attached hydrogens (primary N) is 1. The van der Waals surface area contributed by atoms with Crippen LogP contribution in [0.2, 0.25) is 0 Å². The van der Waals surface area contributed by atoms with Crippen molar-refractivity contribution < 1.29 is 18.6 Å². The standard InChI is InChI=1S/C17H15F2N3O/c1-11(13-7-8-14(18)15(19)9-13)20-10-16-21-17(22-23-16)12-5-3-2-4-6-12/h2-9,11,20H,10H2,1H3/p+1/t11-/m1/s1. The van der Waals surface area contributed by atoms with Crippen LogP contribution in [0.5, 0.6) is 0 Å². The van der Waals surface area contributed by atoms with Gasteiger partial charge in [0.25, 0.3) is 5.89 Å². The highest BCUT2D eigenvalue weighted by molar-refractivity contribution is 5.53. The molecule has 4 nitrogen and oxygen atoms in total. The van der Waals surface area contributed by atoms with Crippen LogP contribution in [0.3, 0.4) is 0 Å². The molecule has 0 bridgehead atoms. The molecule has 0 saturated carbocycles. The molecular weight excluding hydrogens is 300 g/mol. The molecular formula is C17H16F2N3O+. The van der Waals surface area contributed by atoms with Gasteiger partial charge in [0.15, 0.2) is 18.2 Å². The largest absolute Gasteiger partial charge is 0.333 e. The average molecular weight is 316 g/mol. The first kappa shape index (κ1) is 15.3. The van der Waals surface area contributed by atoms with Gasteiger partial charge in [-0.3, -0.25) is 0 Å². The van der Waals surface area contributed by atoms with E-state index < -0.39 is 11.6 Å². The van der Waals surface area contributed by atoms with Gasteiger partial charge < -0.3 is 9.84 Å². The van der Waals surface area contributed by atoms with Crippen molar-refractivity contribution in [1.82, 2.24) is 10.1 Å². The fourth-order valence-corrected chi connectivity index (χ4v) is 2.25. The minimum Gasteiger partial charge on any atom is -0.333 e. The van der Waals surface area contributed by atoms with Crippen LogP contribution < -0.4 is 5.32 Å². The van der Waals surface area contributed by atoms with Gasteiger partial charge in [-0.25, -0.2) is 8.78 Å². The molecule has 0 spiro atoms. The van der Waals surface area contributed by atoms with Crippen molar-refractivity contribution in [3.8, 4) is 11.4 Å². The molecule has 1 aromatic heterocycles. The van der Waals surface area contributed by atoms with Crippen LogP contribution in [0, 0.1) is 11.6 Å². The zero-order valence-electron chi connectivity index (χ0n) is 12.5. The number of rotatable bonds is 5. The SMILES string of the molecule is C[C@@H]([NH2+]Cc1nc(-c2ccccc2)no1)c1ccc(F)c(F)c1.